The van der Waals surface area contributed by atoms with E-state index in [1.807, 2.05) is 20.8 Å². The van der Waals surface area contributed by atoms with Crippen LogP contribution < -0.4 is 0 Å². The fraction of sp³-hybridized carbons (Fsp3) is 1.00. The molecule has 0 spiro atoms. The molecule has 1 aliphatic rings. The number of hydrogen-bond donors (Lipinski definition) is 0. The van der Waals surface area contributed by atoms with Gasteiger partial charge in [-0.25, -0.2) is 0 Å². The smallest absolute Gasteiger partial charge is 0.0781 e. The van der Waals surface area contributed by atoms with E-state index < -0.39 is 0 Å². The fourth-order valence-corrected chi connectivity index (χ4v) is 0.606. The van der Waals surface area contributed by atoms with Gasteiger partial charge in [-0.15, -0.1) is 0 Å². The summed E-state index contributed by atoms with van der Waals surface area (Å²) < 4.78 is 10.2. The Hall–Kier alpha value is -0.0800. The molecule has 1 heterocycles. The van der Waals surface area contributed by atoms with Crippen molar-refractivity contribution in [2.75, 3.05) is 19.8 Å². The zero-order chi connectivity index (χ0) is 7.11. The molecule has 56 valence electrons. The first-order valence-electron chi connectivity index (χ1n) is 3.59. The molecule has 9 heavy (non-hydrogen) atoms. The van der Waals surface area contributed by atoms with Gasteiger partial charge in [-0.2, -0.15) is 0 Å². The molecule has 0 unspecified atom stereocenters. The van der Waals surface area contributed by atoms with E-state index in [2.05, 4.69) is 0 Å². The Morgan fingerprint density at radius 3 is 2.11 bits per heavy atom. The van der Waals surface area contributed by atoms with Crippen LogP contribution in [0.2, 0.25) is 0 Å². The molecule has 0 radical (unpaired) electrons. The van der Waals surface area contributed by atoms with Gasteiger partial charge in [0.25, 0.3) is 0 Å². The molecule has 0 aliphatic carbocycles. The molecule has 0 bridgehead atoms. The second kappa shape index (κ2) is 6.05. The van der Waals surface area contributed by atoms with Gasteiger partial charge in [0.05, 0.1) is 25.9 Å². The molecular formula is C7H16O2. The van der Waals surface area contributed by atoms with E-state index in [1.165, 1.54) is 0 Å². The highest BCUT2D eigenvalue weighted by Gasteiger charge is 2.06. The Labute approximate surface area is 57.2 Å². The summed E-state index contributed by atoms with van der Waals surface area (Å²) in [6, 6.07) is 0. The Bertz CT molecular complexity index is 48.9. The van der Waals surface area contributed by atoms with E-state index in [1.54, 1.807) is 0 Å². The van der Waals surface area contributed by atoms with E-state index in [4.69, 9.17) is 9.47 Å². The van der Waals surface area contributed by atoms with Gasteiger partial charge in [-0.05, 0) is 6.92 Å². The number of rotatable bonds is 0. The van der Waals surface area contributed by atoms with Crippen LogP contribution in [-0.4, -0.2) is 25.9 Å². The van der Waals surface area contributed by atoms with Gasteiger partial charge in [0.15, 0.2) is 0 Å². The molecule has 0 aromatic rings. The van der Waals surface area contributed by atoms with Crippen molar-refractivity contribution in [3.63, 3.8) is 0 Å². The largest absolute Gasteiger partial charge is 0.376 e. The monoisotopic (exact) mass is 132 g/mol. The van der Waals surface area contributed by atoms with Crippen molar-refractivity contribution in [3.05, 3.63) is 0 Å². The summed E-state index contributed by atoms with van der Waals surface area (Å²) in [6.07, 6.45) is 0.314. The highest BCUT2D eigenvalue weighted by molar-refractivity contribution is 4.50. The molecule has 1 fully saturated rings. The SMILES string of the molecule is CC.C[C@@H]1COCCO1. The molecule has 1 atom stereocenters. The van der Waals surface area contributed by atoms with Crippen LogP contribution in [0.15, 0.2) is 0 Å². The van der Waals surface area contributed by atoms with E-state index in [0.29, 0.717) is 6.10 Å². The lowest BCUT2D eigenvalue weighted by molar-refractivity contribution is -0.0797. The van der Waals surface area contributed by atoms with Gasteiger partial charge in [-0.3, -0.25) is 0 Å². The minimum Gasteiger partial charge on any atom is -0.376 e. The Morgan fingerprint density at radius 1 is 1.22 bits per heavy atom. The predicted molar refractivity (Wildman–Crippen MR) is 37.6 cm³/mol. The first-order valence-corrected chi connectivity index (χ1v) is 3.59. The molecule has 0 amide bonds. The molecular weight excluding hydrogens is 116 g/mol. The van der Waals surface area contributed by atoms with Crippen LogP contribution in [0.25, 0.3) is 0 Å². The average Bonchev–Trinajstić information content (AvgIpc) is 1.94. The van der Waals surface area contributed by atoms with Crippen molar-refractivity contribution in [1.29, 1.82) is 0 Å². The van der Waals surface area contributed by atoms with Crippen LogP contribution in [0, 0.1) is 0 Å². The van der Waals surface area contributed by atoms with E-state index in [0.717, 1.165) is 19.8 Å². The lowest BCUT2D eigenvalue weighted by atomic mass is 10.4. The highest BCUT2D eigenvalue weighted by atomic mass is 16.6. The minimum atomic E-state index is 0.314. The predicted octanol–water partition coefficient (Wildman–Crippen LogP) is 1.45. The minimum absolute atomic E-state index is 0.314. The third-order valence-corrected chi connectivity index (χ3v) is 0.983. The summed E-state index contributed by atoms with van der Waals surface area (Å²) in [7, 11) is 0. The van der Waals surface area contributed by atoms with Gasteiger partial charge >= 0.3 is 0 Å². The van der Waals surface area contributed by atoms with Crippen molar-refractivity contribution >= 4 is 0 Å². The van der Waals surface area contributed by atoms with Gasteiger partial charge in [0.1, 0.15) is 0 Å². The van der Waals surface area contributed by atoms with Crippen molar-refractivity contribution in [3.8, 4) is 0 Å². The molecule has 0 saturated carbocycles. The summed E-state index contributed by atoms with van der Waals surface area (Å²) in [4.78, 5) is 0. The summed E-state index contributed by atoms with van der Waals surface area (Å²) in [6.45, 7) is 8.31. The van der Waals surface area contributed by atoms with Gasteiger partial charge in [-0.1, -0.05) is 13.8 Å². The van der Waals surface area contributed by atoms with Crippen LogP contribution in [0.5, 0.6) is 0 Å². The van der Waals surface area contributed by atoms with Crippen LogP contribution in [0.3, 0.4) is 0 Å². The lowest BCUT2D eigenvalue weighted by Gasteiger charge is -2.18. The quantitative estimate of drug-likeness (QED) is 0.496. The fourth-order valence-electron chi connectivity index (χ4n) is 0.606. The van der Waals surface area contributed by atoms with Crippen LogP contribution >= 0.6 is 0 Å². The van der Waals surface area contributed by atoms with Crippen molar-refractivity contribution < 1.29 is 9.47 Å². The molecule has 1 aliphatic heterocycles. The summed E-state index contributed by atoms with van der Waals surface area (Å²) in [5.41, 5.74) is 0. The maximum Gasteiger partial charge on any atom is 0.0781 e. The van der Waals surface area contributed by atoms with Crippen LogP contribution in [0.1, 0.15) is 20.8 Å². The maximum absolute atomic E-state index is 5.15. The lowest BCUT2D eigenvalue weighted by Crippen LogP contribution is -2.25. The summed E-state index contributed by atoms with van der Waals surface area (Å²) in [5, 5.41) is 0. The normalized spacial score (nSPS) is 26.3. The maximum atomic E-state index is 5.15. The Kier molecular flexibility index (Phi) is 5.99. The second-order valence-electron chi connectivity index (χ2n) is 1.76. The molecule has 2 heteroatoms. The Morgan fingerprint density at radius 2 is 1.89 bits per heavy atom. The first-order chi connectivity index (χ1) is 4.39. The van der Waals surface area contributed by atoms with Gasteiger partial charge in [0.2, 0.25) is 0 Å². The van der Waals surface area contributed by atoms with E-state index >= 15 is 0 Å². The standard InChI is InChI=1S/C5H10O2.C2H6/c1-5-4-6-2-3-7-5;1-2/h5H,2-4H2,1H3;1-2H3/t5-;/m1./s1. The van der Waals surface area contributed by atoms with Crippen molar-refractivity contribution in [2.24, 2.45) is 0 Å². The topological polar surface area (TPSA) is 18.5 Å². The molecule has 0 aromatic heterocycles. The van der Waals surface area contributed by atoms with E-state index in [-0.39, 0.29) is 0 Å². The van der Waals surface area contributed by atoms with Crippen molar-refractivity contribution in [2.45, 2.75) is 26.9 Å². The second-order valence-corrected chi connectivity index (χ2v) is 1.76. The molecule has 1 rings (SSSR count). The highest BCUT2D eigenvalue weighted by Crippen LogP contribution is 1.96. The third-order valence-electron chi connectivity index (χ3n) is 0.983. The zero-order valence-electron chi connectivity index (χ0n) is 6.52. The average molecular weight is 132 g/mol. The summed E-state index contributed by atoms with van der Waals surface area (Å²) >= 11 is 0. The van der Waals surface area contributed by atoms with E-state index in [9.17, 15) is 0 Å². The third kappa shape index (κ3) is 4.43. The number of ether oxygens (including phenoxy) is 2. The van der Waals surface area contributed by atoms with Gasteiger partial charge in [0, 0.05) is 0 Å². The van der Waals surface area contributed by atoms with Gasteiger partial charge < -0.3 is 9.47 Å². The molecule has 1 saturated heterocycles. The summed E-state index contributed by atoms with van der Waals surface area (Å²) in [5.74, 6) is 0. The van der Waals surface area contributed by atoms with Crippen molar-refractivity contribution in [1.82, 2.24) is 0 Å². The number of hydrogen-bond acceptors (Lipinski definition) is 2. The first kappa shape index (κ1) is 8.92. The zero-order valence-corrected chi connectivity index (χ0v) is 6.52. The van der Waals surface area contributed by atoms with Crippen LogP contribution in [0.4, 0.5) is 0 Å². The molecule has 0 aromatic carbocycles. The molecule has 0 N–H and O–H groups in total. The van der Waals surface area contributed by atoms with Crippen LogP contribution in [-0.2, 0) is 9.47 Å². The molecule has 2 nitrogen and oxygen atoms in total. The Balaban J connectivity index is 0.000000291.